The Morgan fingerprint density at radius 2 is 1.68 bits per heavy atom. The smallest absolute Gasteiger partial charge is 0.329 e. The van der Waals surface area contributed by atoms with E-state index in [0.29, 0.717) is 44.2 Å². The van der Waals surface area contributed by atoms with Crippen LogP contribution in [-0.4, -0.2) is 44.8 Å². The van der Waals surface area contributed by atoms with Crippen LogP contribution in [-0.2, 0) is 20.8 Å². The molecule has 11 heteroatoms. The van der Waals surface area contributed by atoms with Crippen LogP contribution < -0.4 is 30.3 Å². The number of benzene rings is 3. The molecule has 0 saturated heterocycles. The normalized spacial score (nSPS) is 10.5. The first-order valence-electron chi connectivity index (χ1n) is 11.5. The maximum atomic E-state index is 12.3. The standard InChI is InChI=1S/C27H27IN4O6/c1-4-18-7-5-6-8-22(18)31-26(34)27(35)32-29-15-17-13-21(28)25(23(14-17)37-3)38-16-24(33)30-19-9-11-20(36-2)12-10-19/h5-15H,4,16H2,1-3H3,(H,30,33)(H,31,34)(H,32,35)/b29-15-. The summed E-state index contributed by atoms with van der Waals surface area (Å²) >= 11 is 2.04. The van der Waals surface area contributed by atoms with Crippen molar-refractivity contribution in [3.63, 3.8) is 0 Å². The number of rotatable bonds is 10. The molecule has 0 atom stereocenters. The predicted molar refractivity (Wildman–Crippen MR) is 153 cm³/mol. The summed E-state index contributed by atoms with van der Waals surface area (Å²) in [5.41, 5.74) is 4.90. The Morgan fingerprint density at radius 3 is 2.37 bits per heavy atom. The lowest BCUT2D eigenvalue weighted by Crippen LogP contribution is -2.32. The van der Waals surface area contributed by atoms with Gasteiger partial charge in [-0.3, -0.25) is 14.4 Å². The molecule has 10 nitrogen and oxygen atoms in total. The van der Waals surface area contributed by atoms with E-state index < -0.39 is 11.8 Å². The van der Waals surface area contributed by atoms with Crippen molar-refractivity contribution in [3.05, 3.63) is 75.4 Å². The number of methoxy groups -OCH3 is 2. The van der Waals surface area contributed by atoms with Gasteiger partial charge in [-0.1, -0.05) is 25.1 Å². The number of carbonyl (C=O) groups excluding carboxylic acids is 3. The van der Waals surface area contributed by atoms with Crippen LogP contribution in [0.25, 0.3) is 0 Å². The summed E-state index contributed by atoms with van der Waals surface area (Å²) in [7, 11) is 3.04. The van der Waals surface area contributed by atoms with Gasteiger partial charge in [0.1, 0.15) is 5.75 Å². The van der Waals surface area contributed by atoms with E-state index in [1.807, 2.05) is 41.6 Å². The van der Waals surface area contributed by atoms with Crippen molar-refractivity contribution in [1.29, 1.82) is 0 Å². The van der Waals surface area contributed by atoms with Crippen LogP contribution >= 0.6 is 22.6 Å². The highest BCUT2D eigenvalue weighted by atomic mass is 127. The summed E-state index contributed by atoms with van der Waals surface area (Å²) in [6, 6.07) is 17.5. The molecule has 0 bridgehead atoms. The third-order valence-corrected chi connectivity index (χ3v) is 6.01. The van der Waals surface area contributed by atoms with Gasteiger partial charge in [0.25, 0.3) is 5.91 Å². The third kappa shape index (κ3) is 7.93. The number of halogens is 1. The van der Waals surface area contributed by atoms with Crippen molar-refractivity contribution in [2.24, 2.45) is 5.10 Å². The van der Waals surface area contributed by atoms with Gasteiger partial charge in [-0.15, -0.1) is 0 Å². The first kappa shape index (κ1) is 28.4. The Kier molecular flexibility index (Phi) is 10.5. The predicted octanol–water partition coefficient (Wildman–Crippen LogP) is 3.98. The monoisotopic (exact) mass is 630 g/mol. The van der Waals surface area contributed by atoms with E-state index >= 15 is 0 Å². The highest BCUT2D eigenvalue weighted by molar-refractivity contribution is 14.1. The Bertz CT molecular complexity index is 1330. The third-order valence-electron chi connectivity index (χ3n) is 5.21. The van der Waals surface area contributed by atoms with Gasteiger partial charge in [0, 0.05) is 11.4 Å². The second-order valence-corrected chi connectivity index (χ2v) is 8.93. The van der Waals surface area contributed by atoms with E-state index in [2.05, 4.69) is 21.2 Å². The number of anilines is 2. The molecule has 0 aromatic heterocycles. The van der Waals surface area contributed by atoms with Gasteiger partial charge in [0.15, 0.2) is 18.1 Å². The van der Waals surface area contributed by atoms with Gasteiger partial charge in [-0.2, -0.15) is 5.10 Å². The first-order valence-corrected chi connectivity index (χ1v) is 12.6. The van der Waals surface area contributed by atoms with Crippen molar-refractivity contribution in [2.75, 3.05) is 31.5 Å². The SMILES string of the molecule is CCc1ccccc1NC(=O)C(=O)N/N=C\c1cc(I)c(OCC(=O)Nc2ccc(OC)cc2)c(OC)c1. The van der Waals surface area contributed by atoms with Gasteiger partial charge >= 0.3 is 11.8 Å². The summed E-state index contributed by atoms with van der Waals surface area (Å²) < 4.78 is 16.9. The summed E-state index contributed by atoms with van der Waals surface area (Å²) in [6.07, 6.45) is 2.08. The average molecular weight is 630 g/mol. The lowest BCUT2D eigenvalue weighted by Gasteiger charge is -2.13. The fraction of sp³-hybridized carbons (Fsp3) is 0.185. The maximum Gasteiger partial charge on any atom is 0.329 e. The number of hydrogen-bond donors (Lipinski definition) is 3. The highest BCUT2D eigenvalue weighted by Gasteiger charge is 2.15. The van der Waals surface area contributed by atoms with Crippen LogP contribution in [0.3, 0.4) is 0 Å². The Labute approximate surface area is 233 Å². The second-order valence-electron chi connectivity index (χ2n) is 7.76. The van der Waals surface area contributed by atoms with Crippen LogP contribution in [0.5, 0.6) is 17.2 Å². The minimum atomic E-state index is -0.906. The van der Waals surface area contributed by atoms with Gasteiger partial charge in [-0.25, -0.2) is 5.43 Å². The van der Waals surface area contributed by atoms with Gasteiger partial charge in [0.2, 0.25) is 0 Å². The molecule has 0 spiro atoms. The largest absolute Gasteiger partial charge is 0.497 e. The van der Waals surface area contributed by atoms with Crippen molar-refractivity contribution < 1.29 is 28.6 Å². The number of hydrazone groups is 1. The number of amides is 3. The van der Waals surface area contributed by atoms with Crippen molar-refractivity contribution >= 4 is 57.9 Å². The molecule has 0 unspecified atom stereocenters. The number of ether oxygens (including phenoxy) is 3. The zero-order valence-corrected chi connectivity index (χ0v) is 23.2. The van der Waals surface area contributed by atoms with Crippen molar-refractivity contribution in [3.8, 4) is 17.2 Å². The molecule has 0 aliphatic heterocycles. The Morgan fingerprint density at radius 1 is 0.947 bits per heavy atom. The number of carbonyl (C=O) groups is 3. The molecular formula is C27H27IN4O6. The lowest BCUT2D eigenvalue weighted by atomic mass is 10.1. The topological polar surface area (TPSA) is 127 Å². The zero-order chi connectivity index (χ0) is 27.5. The zero-order valence-electron chi connectivity index (χ0n) is 21.0. The van der Waals surface area contributed by atoms with Gasteiger partial charge < -0.3 is 24.8 Å². The summed E-state index contributed by atoms with van der Waals surface area (Å²) in [4.78, 5) is 36.7. The fourth-order valence-corrected chi connectivity index (χ4v) is 4.09. The number of nitrogens with one attached hydrogen (secondary N) is 3. The molecule has 0 heterocycles. The van der Waals surface area contributed by atoms with E-state index in [-0.39, 0.29) is 12.5 Å². The average Bonchev–Trinajstić information content (AvgIpc) is 2.92. The fourth-order valence-electron chi connectivity index (χ4n) is 3.31. The van der Waals surface area contributed by atoms with Crippen molar-refractivity contribution in [2.45, 2.75) is 13.3 Å². The van der Waals surface area contributed by atoms with Crippen LogP contribution in [0.2, 0.25) is 0 Å². The molecule has 0 radical (unpaired) electrons. The molecule has 3 N–H and O–H groups in total. The quantitative estimate of drug-likeness (QED) is 0.135. The summed E-state index contributed by atoms with van der Waals surface area (Å²) in [5.74, 6) is -0.642. The van der Waals surface area contributed by atoms with Crippen LogP contribution in [0.15, 0.2) is 65.8 Å². The molecule has 0 fully saturated rings. The molecule has 0 aliphatic rings. The van der Waals surface area contributed by atoms with E-state index in [4.69, 9.17) is 14.2 Å². The lowest BCUT2D eigenvalue weighted by molar-refractivity contribution is -0.136. The Hall–Kier alpha value is -4.13. The molecule has 3 aromatic carbocycles. The van der Waals surface area contributed by atoms with Crippen molar-refractivity contribution in [1.82, 2.24) is 5.43 Å². The molecule has 3 aromatic rings. The molecule has 3 amide bonds. The Balaban J connectivity index is 1.57. The minimum absolute atomic E-state index is 0.238. The molecule has 38 heavy (non-hydrogen) atoms. The summed E-state index contributed by atoms with van der Waals surface area (Å²) in [6.45, 7) is 1.72. The molecule has 3 rings (SSSR count). The second kappa shape index (κ2) is 14.0. The van der Waals surface area contributed by atoms with Gasteiger partial charge in [0.05, 0.1) is 24.0 Å². The molecule has 0 aliphatic carbocycles. The minimum Gasteiger partial charge on any atom is -0.497 e. The molecule has 198 valence electrons. The van der Waals surface area contributed by atoms with Crippen LogP contribution in [0, 0.1) is 3.57 Å². The number of aryl methyl sites for hydroxylation is 1. The van der Waals surface area contributed by atoms with Gasteiger partial charge in [-0.05, 0) is 82.6 Å². The first-order chi connectivity index (χ1) is 18.3. The highest BCUT2D eigenvalue weighted by Crippen LogP contribution is 2.33. The van der Waals surface area contributed by atoms with E-state index in [0.717, 1.165) is 5.56 Å². The summed E-state index contributed by atoms with van der Waals surface area (Å²) in [5, 5.41) is 9.20. The van der Waals surface area contributed by atoms with E-state index in [1.54, 1.807) is 55.6 Å². The molecule has 0 saturated carbocycles. The number of para-hydroxylation sites is 1. The number of nitrogens with zero attached hydrogens (tertiary/aromatic N) is 1. The molecular weight excluding hydrogens is 603 g/mol. The maximum absolute atomic E-state index is 12.3. The van der Waals surface area contributed by atoms with Crippen LogP contribution in [0.4, 0.5) is 11.4 Å². The van der Waals surface area contributed by atoms with E-state index in [9.17, 15) is 14.4 Å². The number of hydrogen-bond acceptors (Lipinski definition) is 7. The van der Waals surface area contributed by atoms with Crippen LogP contribution in [0.1, 0.15) is 18.1 Å². The van der Waals surface area contributed by atoms with E-state index in [1.165, 1.54) is 13.3 Å².